The van der Waals surface area contributed by atoms with Gasteiger partial charge in [-0.3, -0.25) is 0 Å². The van der Waals surface area contributed by atoms with Gasteiger partial charge >= 0.3 is 0 Å². The third-order valence-corrected chi connectivity index (χ3v) is 13.1. The zero-order chi connectivity index (χ0) is 35.5. The minimum absolute atomic E-state index is 0.626. The summed E-state index contributed by atoms with van der Waals surface area (Å²) in [6.07, 6.45) is 0. The van der Waals surface area contributed by atoms with Gasteiger partial charge in [0.25, 0.3) is 0 Å². The molecule has 53 heavy (non-hydrogen) atoms. The third kappa shape index (κ3) is 5.06. The topological polar surface area (TPSA) is 55.7 Å². The SMILES string of the molecule is CP1(=O)c2ccccc2-c2c(-c3c4ccccc4c(-c4ccc(-c5nc(-c6ccccc6)nc(-c6ccccc6)n5)cc4)c4ccccc34)cccc21. The van der Waals surface area contributed by atoms with Crippen LogP contribution in [-0.4, -0.2) is 21.6 Å². The molecule has 1 aromatic heterocycles. The van der Waals surface area contributed by atoms with Crippen molar-refractivity contribution in [2.24, 2.45) is 0 Å². The van der Waals surface area contributed by atoms with Crippen LogP contribution in [0, 0.1) is 0 Å². The molecule has 2 heterocycles. The number of benzene rings is 8. The predicted molar refractivity (Wildman–Crippen MR) is 220 cm³/mol. The van der Waals surface area contributed by atoms with Crippen LogP contribution in [0.5, 0.6) is 0 Å². The lowest BCUT2D eigenvalue weighted by Gasteiger charge is -2.20. The van der Waals surface area contributed by atoms with E-state index in [0.29, 0.717) is 17.5 Å². The van der Waals surface area contributed by atoms with Crippen LogP contribution < -0.4 is 10.6 Å². The van der Waals surface area contributed by atoms with Crippen molar-refractivity contribution >= 4 is 39.3 Å². The first-order valence-corrected chi connectivity index (χ1v) is 19.9. The summed E-state index contributed by atoms with van der Waals surface area (Å²) in [5, 5.41) is 6.52. The van der Waals surface area contributed by atoms with Crippen LogP contribution in [0.25, 0.3) is 89.1 Å². The summed E-state index contributed by atoms with van der Waals surface area (Å²) >= 11 is 0. The van der Waals surface area contributed by atoms with Gasteiger partial charge in [-0.05, 0) is 56.0 Å². The van der Waals surface area contributed by atoms with E-state index in [1.165, 1.54) is 5.56 Å². The maximum Gasteiger partial charge on any atom is 0.164 e. The fourth-order valence-corrected chi connectivity index (χ4v) is 10.3. The van der Waals surface area contributed by atoms with E-state index in [4.69, 9.17) is 15.0 Å². The summed E-state index contributed by atoms with van der Waals surface area (Å²) in [5.74, 6) is 1.90. The predicted octanol–water partition coefficient (Wildman–Crippen LogP) is 11.4. The van der Waals surface area contributed by atoms with Gasteiger partial charge in [0, 0.05) is 32.9 Å². The Morgan fingerprint density at radius 2 is 0.736 bits per heavy atom. The molecule has 0 spiro atoms. The fraction of sp³-hybridized carbons (Fsp3) is 0.0208. The van der Waals surface area contributed by atoms with Crippen LogP contribution in [0.15, 0.2) is 176 Å². The summed E-state index contributed by atoms with van der Waals surface area (Å²) in [7, 11) is -2.73. The van der Waals surface area contributed by atoms with Crippen LogP contribution in [0.1, 0.15) is 0 Å². The van der Waals surface area contributed by atoms with Gasteiger partial charge in [-0.1, -0.05) is 176 Å². The Morgan fingerprint density at radius 1 is 0.340 bits per heavy atom. The Morgan fingerprint density at radius 3 is 1.28 bits per heavy atom. The van der Waals surface area contributed by atoms with Crippen molar-refractivity contribution in [3.63, 3.8) is 0 Å². The van der Waals surface area contributed by atoms with Crippen LogP contribution in [0.4, 0.5) is 0 Å². The van der Waals surface area contributed by atoms with Crippen molar-refractivity contribution in [3.8, 4) is 67.5 Å². The van der Waals surface area contributed by atoms with Gasteiger partial charge in [0.15, 0.2) is 17.5 Å². The average Bonchev–Trinajstić information content (AvgIpc) is 3.46. The lowest BCUT2D eigenvalue weighted by molar-refractivity contribution is 0.591. The number of hydrogen-bond donors (Lipinski definition) is 0. The molecule has 0 radical (unpaired) electrons. The zero-order valence-electron chi connectivity index (χ0n) is 28.9. The molecule has 1 unspecified atom stereocenters. The number of fused-ring (bicyclic) bond motifs is 5. The molecule has 1 aliphatic rings. The normalized spacial score (nSPS) is 14.7. The highest BCUT2D eigenvalue weighted by Gasteiger charge is 2.36. The highest BCUT2D eigenvalue weighted by molar-refractivity contribution is 7.79. The Labute approximate surface area is 307 Å². The summed E-state index contributed by atoms with van der Waals surface area (Å²) in [6.45, 7) is 1.91. The summed E-state index contributed by atoms with van der Waals surface area (Å²) in [5.41, 5.74) is 9.51. The molecule has 4 nitrogen and oxygen atoms in total. The molecule has 5 heteroatoms. The molecule has 9 aromatic rings. The summed E-state index contributed by atoms with van der Waals surface area (Å²) in [6, 6.07) is 60.6. The van der Waals surface area contributed by atoms with Crippen LogP contribution in [-0.2, 0) is 4.57 Å². The smallest absolute Gasteiger partial charge is 0.164 e. The Kier molecular flexibility index (Phi) is 7.28. The molecule has 0 bridgehead atoms. The largest absolute Gasteiger partial charge is 0.314 e. The van der Waals surface area contributed by atoms with E-state index in [2.05, 4.69) is 103 Å². The second-order valence-corrected chi connectivity index (χ2v) is 16.4. The van der Waals surface area contributed by atoms with E-state index in [1.807, 2.05) is 79.5 Å². The number of rotatable bonds is 5. The van der Waals surface area contributed by atoms with Crippen LogP contribution in [0.2, 0.25) is 0 Å². The number of hydrogen-bond acceptors (Lipinski definition) is 4. The van der Waals surface area contributed by atoms with Gasteiger partial charge in [0.05, 0.1) is 0 Å². The maximum atomic E-state index is 14.3. The molecule has 0 aliphatic carbocycles. The van der Waals surface area contributed by atoms with Gasteiger partial charge in [-0.2, -0.15) is 0 Å². The van der Waals surface area contributed by atoms with Crippen LogP contribution >= 0.6 is 7.14 Å². The van der Waals surface area contributed by atoms with Crippen LogP contribution in [0.3, 0.4) is 0 Å². The summed E-state index contributed by atoms with van der Waals surface area (Å²) in [4.78, 5) is 14.8. The molecule has 8 aromatic carbocycles. The minimum atomic E-state index is -2.73. The number of nitrogens with zero attached hydrogens (tertiary/aromatic N) is 3. The molecular formula is C48H32N3OP. The molecule has 0 amide bonds. The van der Waals surface area contributed by atoms with E-state index in [1.54, 1.807) is 0 Å². The van der Waals surface area contributed by atoms with Gasteiger partial charge in [0.2, 0.25) is 0 Å². The van der Waals surface area contributed by atoms with Gasteiger partial charge < -0.3 is 4.57 Å². The van der Waals surface area contributed by atoms with E-state index >= 15 is 0 Å². The summed E-state index contributed by atoms with van der Waals surface area (Å²) < 4.78 is 14.3. The van der Waals surface area contributed by atoms with Gasteiger partial charge in [0.1, 0.15) is 7.14 Å². The van der Waals surface area contributed by atoms with Crippen molar-refractivity contribution < 1.29 is 4.57 Å². The lowest BCUT2D eigenvalue weighted by atomic mass is 9.84. The molecule has 0 saturated carbocycles. The Balaban J connectivity index is 1.16. The Bertz CT molecular complexity index is 2810. The maximum absolute atomic E-state index is 14.3. The lowest BCUT2D eigenvalue weighted by Crippen LogP contribution is -2.08. The minimum Gasteiger partial charge on any atom is -0.314 e. The average molecular weight is 698 g/mol. The van der Waals surface area contributed by atoms with Crippen molar-refractivity contribution in [1.29, 1.82) is 0 Å². The van der Waals surface area contributed by atoms with E-state index < -0.39 is 7.14 Å². The molecule has 1 atom stereocenters. The molecule has 10 rings (SSSR count). The van der Waals surface area contributed by atoms with Crippen molar-refractivity contribution in [2.45, 2.75) is 0 Å². The molecule has 0 N–H and O–H groups in total. The highest BCUT2D eigenvalue weighted by atomic mass is 31.2. The zero-order valence-corrected chi connectivity index (χ0v) is 29.8. The monoisotopic (exact) mass is 697 g/mol. The molecular weight excluding hydrogens is 666 g/mol. The third-order valence-electron chi connectivity index (χ3n) is 10.5. The standard InChI is InChI=1S/C48H32N3OP/c1-53(52)41-25-13-12-23-39(41)45-40(24-14-26-42(45)53)44-37-21-10-8-19-35(37)43(36-20-9-11-22-38(36)44)31-27-29-34(30-28-31)48-50-46(32-15-4-2-5-16-32)49-47(51-48)33-17-6-3-7-18-33/h2-30H,1H3. The highest BCUT2D eigenvalue weighted by Crippen LogP contribution is 2.54. The van der Waals surface area contributed by atoms with Crippen molar-refractivity contribution in [2.75, 3.05) is 6.66 Å². The first kappa shape index (κ1) is 31.3. The second-order valence-electron chi connectivity index (χ2n) is 13.6. The molecule has 250 valence electrons. The molecule has 1 aliphatic heterocycles. The Hall–Kier alpha value is -6.48. The van der Waals surface area contributed by atoms with E-state index in [9.17, 15) is 4.57 Å². The number of aromatic nitrogens is 3. The first-order valence-electron chi connectivity index (χ1n) is 17.8. The van der Waals surface area contributed by atoms with E-state index in [-0.39, 0.29) is 0 Å². The second kappa shape index (κ2) is 12.3. The van der Waals surface area contributed by atoms with E-state index in [0.717, 1.165) is 76.7 Å². The van der Waals surface area contributed by atoms with Gasteiger partial charge in [-0.15, -0.1) is 0 Å². The fourth-order valence-electron chi connectivity index (χ4n) is 8.03. The van der Waals surface area contributed by atoms with Crippen molar-refractivity contribution in [3.05, 3.63) is 176 Å². The van der Waals surface area contributed by atoms with Gasteiger partial charge in [-0.25, -0.2) is 15.0 Å². The van der Waals surface area contributed by atoms with Crippen molar-refractivity contribution in [1.82, 2.24) is 15.0 Å². The quantitative estimate of drug-likeness (QED) is 0.133. The molecule has 0 fully saturated rings. The molecule has 0 saturated heterocycles. The first-order chi connectivity index (χ1) is 26.1.